The summed E-state index contributed by atoms with van der Waals surface area (Å²) in [4.78, 5) is 0. The Labute approximate surface area is 137 Å². The van der Waals surface area contributed by atoms with Crippen molar-refractivity contribution in [2.24, 2.45) is 0 Å². The minimum absolute atomic E-state index is 0.122. The Kier molecular flexibility index (Phi) is 5.96. The molecule has 2 aromatic rings. The van der Waals surface area contributed by atoms with Gasteiger partial charge in [-0.2, -0.15) is 0 Å². The van der Waals surface area contributed by atoms with E-state index in [4.69, 9.17) is 21.1 Å². The number of hydrogen-bond donors (Lipinski definition) is 1. The van der Waals surface area contributed by atoms with Crippen LogP contribution in [0.15, 0.2) is 42.5 Å². The molecule has 0 aliphatic heterocycles. The Hall–Kier alpha value is -1.87. The first-order valence-corrected chi connectivity index (χ1v) is 7.88. The van der Waals surface area contributed by atoms with E-state index in [1.54, 1.807) is 0 Å². The number of ether oxygens (including phenoxy) is 2. The molecule has 0 atom stereocenters. The number of hydrogen-bond acceptors (Lipinski definition) is 3. The molecule has 4 heteroatoms. The SMILES string of the molecule is CCOc1cc(CNc2ccc(Cl)cc2)ccc1OC(C)C. The van der Waals surface area contributed by atoms with E-state index in [1.807, 2.05) is 63.2 Å². The summed E-state index contributed by atoms with van der Waals surface area (Å²) >= 11 is 5.89. The number of anilines is 1. The zero-order valence-electron chi connectivity index (χ0n) is 13.2. The monoisotopic (exact) mass is 319 g/mol. The third kappa shape index (κ3) is 4.85. The average molecular weight is 320 g/mol. The van der Waals surface area contributed by atoms with Crippen LogP contribution in [0.2, 0.25) is 5.02 Å². The molecule has 22 heavy (non-hydrogen) atoms. The van der Waals surface area contributed by atoms with Crippen LogP contribution in [0.1, 0.15) is 26.3 Å². The van der Waals surface area contributed by atoms with E-state index in [0.29, 0.717) is 13.2 Å². The summed E-state index contributed by atoms with van der Waals surface area (Å²) in [5, 5.41) is 4.10. The minimum atomic E-state index is 0.122. The van der Waals surface area contributed by atoms with Crippen LogP contribution in [0, 0.1) is 0 Å². The van der Waals surface area contributed by atoms with E-state index in [2.05, 4.69) is 5.32 Å². The van der Waals surface area contributed by atoms with Gasteiger partial charge in [0.1, 0.15) is 0 Å². The molecule has 0 aliphatic rings. The lowest BCUT2D eigenvalue weighted by Gasteiger charge is -2.16. The Morgan fingerprint density at radius 1 is 1.05 bits per heavy atom. The van der Waals surface area contributed by atoms with Gasteiger partial charge in [0, 0.05) is 17.3 Å². The van der Waals surface area contributed by atoms with Crippen LogP contribution in [0.25, 0.3) is 0 Å². The number of benzene rings is 2. The predicted octanol–water partition coefficient (Wildman–Crippen LogP) is 5.14. The zero-order chi connectivity index (χ0) is 15.9. The average Bonchev–Trinajstić information content (AvgIpc) is 2.49. The van der Waals surface area contributed by atoms with Gasteiger partial charge in [0.25, 0.3) is 0 Å². The molecule has 118 valence electrons. The third-order valence-corrected chi connectivity index (χ3v) is 3.26. The van der Waals surface area contributed by atoms with Crippen LogP contribution in [-0.2, 0) is 6.54 Å². The zero-order valence-corrected chi connectivity index (χ0v) is 14.0. The maximum absolute atomic E-state index is 5.89. The number of halogens is 1. The summed E-state index contributed by atoms with van der Waals surface area (Å²) in [7, 11) is 0. The largest absolute Gasteiger partial charge is 0.490 e. The van der Waals surface area contributed by atoms with Gasteiger partial charge >= 0.3 is 0 Å². The standard InChI is InChI=1S/C18H22ClNO2/c1-4-21-18-11-14(5-10-17(18)22-13(2)3)12-20-16-8-6-15(19)7-9-16/h5-11,13,20H,4,12H2,1-3H3. The van der Waals surface area contributed by atoms with Gasteiger partial charge in [-0.1, -0.05) is 17.7 Å². The van der Waals surface area contributed by atoms with E-state index in [9.17, 15) is 0 Å². The van der Waals surface area contributed by atoms with Crippen LogP contribution in [-0.4, -0.2) is 12.7 Å². The summed E-state index contributed by atoms with van der Waals surface area (Å²) < 4.78 is 11.4. The smallest absolute Gasteiger partial charge is 0.161 e. The molecule has 1 N–H and O–H groups in total. The van der Waals surface area contributed by atoms with Crippen molar-refractivity contribution in [3.05, 3.63) is 53.1 Å². The Bertz CT molecular complexity index is 597. The quantitative estimate of drug-likeness (QED) is 0.766. The van der Waals surface area contributed by atoms with Gasteiger partial charge in [0.05, 0.1) is 12.7 Å². The first-order valence-electron chi connectivity index (χ1n) is 7.50. The number of rotatable bonds is 7. The molecule has 0 saturated carbocycles. The highest BCUT2D eigenvalue weighted by Crippen LogP contribution is 2.29. The van der Waals surface area contributed by atoms with E-state index < -0.39 is 0 Å². The number of nitrogens with one attached hydrogen (secondary N) is 1. The Morgan fingerprint density at radius 2 is 1.77 bits per heavy atom. The molecule has 0 heterocycles. The molecule has 0 aromatic heterocycles. The summed E-state index contributed by atoms with van der Waals surface area (Å²) in [5.74, 6) is 1.57. The molecule has 0 saturated heterocycles. The molecule has 0 aliphatic carbocycles. The van der Waals surface area contributed by atoms with E-state index in [0.717, 1.165) is 27.8 Å². The van der Waals surface area contributed by atoms with Crippen LogP contribution in [0.3, 0.4) is 0 Å². The van der Waals surface area contributed by atoms with Crippen molar-refractivity contribution in [2.45, 2.75) is 33.4 Å². The highest BCUT2D eigenvalue weighted by atomic mass is 35.5. The Morgan fingerprint density at radius 3 is 2.41 bits per heavy atom. The third-order valence-electron chi connectivity index (χ3n) is 3.01. The summed E-state index contributed by atoms with van der Waals surface area (Å²) in [5.41, 5.74) is 2.17. The van der Waals surface area contributed by atoms with Crippen LogP contribution in [0.4, 0.5) is 5.69 Å². The fourth-order valence-electron chi connectivity index (χ4n) is 2.05. The molecule has 0 amide bonds. The second kappa shape index (κ2) is 7.95. The maximum atomic E-state index is 5.89. The first kappa shape index (κ1) is 16.5. The first-order chi connectivity index (χ1) is 10.6. The van der Waals surface area contributed by atoms with Crippen LogP contribution >= 0.6 is 11.6 Å². The summed E-state index contributed by atoms with van der Waals surface area (Å²) in [6.45, 7) is 7.31. The minimum Gasteiger partial charge on any atom is -0.490 e. The maximum Gasteiger partial charge on any atom is 0.161 e. The molecule has 0 radical (unpaired) electrons. The second-order valence-electron chi connectivity index (χ2n) is 5.24. The molecular weight excluding hydrogens is 298 g/mol. The van der Waals surface area contributed by atoms with Crippen molar-refractivity contribution in [3.8, 4) is 11.5 Å². The normalized spacial score (nSPS) is 10.6. The van der Waals surface area contributed by atoms with Crippen LogP contribution < -0.4 is 14.8 Å². The van der Waals surface area contributed by atoms with Crippen molar-refractivity contribution < 1.29 is 9.47 Å². The fourth-order valence-corrected chi connectivity index (χ4v) is 2.18. The van der Waals surface area contributed by atoms with Gasteiger partial charge in [0.15, 0.2) is 11.5 Å². The molecule has 3 nitrogen and oxygen atoms in total. The molecule has 2 aromatic carbocycles. The van der Waals surface area contributed by atoms with Crippen molar-refractivity contribution >= 4 is 17.3 Å². The fraction of sp³-hybridized carbons (Fsp3) is 0.333. The van der Waals surface area contributed by atoms with Gasteiger partial charge < -0.3 is 14.8 Å². The predicted molar refractivity (Wildman–Crippen MR) is 92.2 cm³/mol. The van der Waals surface area contributed by atoms with Crippen molar-refractivity contribution in [1.29, 1.82) is 0 Å². The lowest BCUT2D eigenvalue weighted by Crippen LogP contribution is -2.08. The highest BCUT2D eigenvalue weighted by molar-refractivity contribution is 6.30. The van der Waals surface area contributed by atoms with Gasteiger partial charge in [-0.25, -0.2) is 0 Å². The van der Waals surface area contributed by atoms with E-state index in [1.165, 1.54) is 0 Å². The molecule has 0 spiro atoms. The van der Waals surface area contributed by atoms with Gasteiger partial charge in [0.2, 0.25) is 0 Å². The molecule has 0 bridgehead atoms. The van der Waals surface area contributed by atoms with Gasteiger partial charge in [-0.15, -0.1) is 0 Å². The summed E-state index contributed by atoms with van der Waals surface area (Å²) in [6, 6.07) is 13.7. The lowest BCUT2D eigenvalue weighted by atomic mass is 10.2. The molecule has 2 rings (SSSR count). The summed E-state index contributed by atoms with van der Waals surface area (Å²) in [6.07, 6.45) is 0.122. The van der Waals surface area contributed by atoms with Gasteiger partial charge in [-0.05, 0) is 62.7 Å². The Balaban J connectivity index is 2.07. The van der Waals surface area contributed by atoms with Gasteiger partial charge in [-0.3, -0.25) is 0 Å². The van der Waals surface area contributed by atoms with Crippen LogP contribution in [0.5, 0.6) is 11.5 Å². The van der Waals surface area contributed by atoms with Crippen molar-refractivity contribution in [1.82, 2.24) is 0 Å². The molecule has 0 fully saturated rings. The van der Waals surface area contributed by atoms with Crippen molar-refractivity contribution in [3.63, 3.8) is 0 Å². The highest BCUT2D eigenvalue weighted by Gasteiger charge is 2.08. The lowest BCUT2D eigenvalue weighted by molar-refractivity contribution is 0.223. The van der Waals surface area contributed by atoms with E-state index >= 15 is 0 Å². The second-order valence-corrected chi connectivity index (χ2v) is 5.68. The molecular formula is C18H22ClNO2. The van der Waals surface area contributed by atoms with E-state index in [-0.39, 0.29) is 6.10 Å². The topological polar surface area (TPSA) is 30.5 Å². The molecule has 0 unspecified atom stereocenters. The van der Waals surface area contributed by atoms with Crippen molar-refractivity contribution in [2.75, 3.05) is 11.9 Å².